The Morgan fingerprint density at radius 2 is 1.77 bits per heavy atom. The Balaban J connectivity index is 1.81. The van der Waals surface area contributed by atoms with Crippen LogP contribution in [0.5, 0.6) is 0 Å². The van der Waals surface area contributed by atoms with Gasteiger partial charge in [0.1, 0.15) is 0 Å². The highest BCUT2D eigenvalue weighted by Crippen LogP contribution is 2.45. The van der Waals surface area contributed by atoms with Crippen molar-refractivity contribution in [1.82, 2.24) is 10.0 Å². The lowest BCUT2D eigenvalue weighted by atomic mass is 10.0. The molecule has 0 heterocycles. The molecular formula is C19H21BrN2O3S. The molecule has 3 rings (SSSR count). The number of carbonyl (C=O) groups is 1. The number of hydrogen-bond donors (Lipinski definition) is 2. The second-order valence-electron chi connectivity index (χ2n) is 6.85. The zero-order valence-electron chi connectivity index (χ0n) is 14.6. The number of carbonyl (C=O) groups excluding carboxylic acids is 1. The summed E-state index contributed by atoms with van der Waals surface area (Å²) in [6.07, 6.45) is 1.74. The van der Waals surface area contributed by atoms with Gasteiger partial charge in [-0.1, -0.05) is 34.1 Å². The van der Waals surface area contributed by atoms with Crippen molar-refractivity contribution < 1.29 is 13.2 Å². The molecule has 0 aliphatic heterocycles. The van der Waals surface area contributed by atoms with Crippen LogP contribution < -0.4 is 10.0 Å². The maximum absolute atomic E-state index is 12.7. The Hall–Kier alpha value is -1.70. The van der Waals surface area contributed by atoms with Crippen molar-refractivity contribution in [2.75, 3.05) is 0 Å². The van der Waals surface area contributed by atoms with Crippen LogP contribution in [-0.2, 0) is 15.6 Å². The highest BCUT2D eigenvalue weighted by molar-refractivity contribution is 9.10. The first-order valence-electron chi connectivity index (χ1n) is 8.43. The molecule has 0 unspecified atom stereocenters. The molecule has 1 aliphatic carbocycles. The van der Waals surface area contributed by atoms with Crippen molar-refractivity contribution in [1.29, 1.82) is 0 Å². The molecule has 5 nitrogen and oxygen atoms in total. The number of rotatable bonds is 6. The molecule has 1 saturated carbocycles. The molecule has 2 aromatic rings. The van der Waals surface area contributed by atoms with Crippen LogP contribution in [-0.4, -0.2) is 20.4 Å². The van der Waals surface area contributed by atoms with Crippen LogP contribution >= 0.6 is 15.9 Å². The molecule has 1 fully saturated rings. The first kappa shape index (κ1) is 19.1. The topological polar surface area (TPSA) is 75.3 Å². The Morgan fingerprint density at radius 1 is 1.12 bits per heavy atom. The van der Waals surface area contributed by atoms with Crippen LogP contribution in [0.3, 0.4) is 0 Å². The maximum atomic E-state index is 12.7. The average molecular weight is 437 g/mol. The summed E-state index contributed by atoms with van der Waals surface area (Å²) in [6, 6.07) is 13.8. The van der Waals surface area contributed by atoms with Gasteiger partial charge < -0.3 is 5.32 Å². The minimum atomic E-state index is -3.64. The normalized spacial score (nSPS) is 15.7. The highest BCUT2D eigenvalue weighted by atomic mass is 79.9. The van der Waals surface area contributed by atoms with Crippen molar-refractivity contribution in [3.05, 3.63) is 64.1 Å². The Morgan fingerprint density at radius 3 is 2.35 bits per heavy atom. The minimum absolute atomic E-state index is 0.0901. The third-order valence-electron chi connectivity index (χ3n) is 4.30. The van der Waals surface area contributed by atoms with Gasteiger partial charge in [0.15, 0.2) is 0 Å². The lowest BCUT2D eigenvalue weighted by molar-refractivity contribution is 0.0930. The van der Waals surface area contributed by atoms with Gasteiger partial charge in [-0.2, -0.15) is 0 Å². The minimum Gasteiger partial charge on any atom is -0.343 e. The highest BCUT2D eigenvalue weighted by Gasteiger charge is 2.45. The van der Waals surface area contributed by atoms with E-state index in [1.165, 1.54) is 12.1 Å². The van der Waals surface area contributed by atoms with Crippen LogP contribution in [0.2, 0.25) is 0 Å². The van der Waals surface area contributed by atoms with E-state index in [0.717, 1.165) is 22.9 Å². The van der Waals surface area contributed by atoms with Crippen LogP contribution in [0, 0.1) is 0 Å². The van der Waals surface area contributed by atoms with E-state index in [1.807, 2.05) is 24.3 Å². The summed E-state index contributed by atoms with van der Waals surface area (Å²) < 4.78 is 28.2. The summed E-state index contributed by atoms with van der Waals surface area (Å²) in [4.78, 5) is 12.8. The van der Waals surface area contributed by atoms with Gasteiger partial charge >= 0.3 is 0 Å². The number of amides is 1. The fourth-order valence-electron chi connectivity index (χ4n) is 2.85. The molecule has 0 aromatic heterocycles. The third-order valence-corrected chi connectivity index (χ3v) is 6.48. The van der Waals surface area contributed by atoms with Gasteiger partial charge in [0.2, 0.25) is 10.0 Å². The largest absolute Gasteiger partial charge is 0.343 e. The van der Waals surface area contributed by atoms with E-state index < -0.39 is 10.0 Å². The van der Waals surface area contributed by atoms with Crippen molar-refractivity contribution in [3.63, 3.8) is 0 Å². The van der Waals surface area contributed by atoms with Crippen LogP contribution in [0.25, 0.3) is 0 Å². The van der Waals surface area contributed by atoms with Gasteiger partial charge in [-0.3, -0.25) is 4.79 Å². The van der Waals surface area contributed by atoms with Gasteiger partial charge in [0.05, 0.1) is 10.4 Å². The lowest BCUT2D eigenvalue weighted by Gasteiger charge is -2.18. The number of benzene rings is 2. The summed E-state index contributed by atoms with van der Waals surface area (Å²) in [5.74, 6) is -0.271. The van der Waals surface area contributed by atoms with E-state index in [9.17, 15) is 13.2 Å². The number of nitrogens with one attached hydrogen (secondary N) is 2. The maximum Gasteiger partial charge on any atom is 0.252 e. The number of sulfonamides is 1. The summed E-state index contributed by atoms with van der Waals surface area (Å²) in [5.41, 5.74) is 1.03. The standard InChI is InChI=1S/C19H21BrN2O3S/c1-13(2)22-26(24,25)17-5-3-4-14(12-17)18(23)21-19(10-11-19)15-6-8-16(20)9-7-15/h3-9,12-13,22H,10-11H2,1-2H3,(H,21,23). The number of hydrogen-bond acceptors (Lipinski definition) is 3. The van der Waals surface area contributed by atoms with Gasteiger partial charge in [0, 0.05) is 16.1 Å². The molecule has 0 saturated heterocycles. The van der Waals surface area contributed by atoms with E-state index >= 15 is 0 Å². The van der Waals surface area contributed by atoms with Gasteiger partial charge in [-0.25, -0.2) is 13.1 Å². The summed E-state index contributed by atoms with van der Waals surface area (Å²) in [7, 11) is -3.64. The van der Waals surface area contributed by atoms with Crippen molar-refractivity contribution in [3.8, 4) is 0 Å². The second kappa shape index (κ2) is 7.13. The lowest BCUT2D eigenvalue weighted by Crippen LogP contribution is -2.35. The molecule has 0 radical (unpaired) electrons. The van der Waals surface area contributed by atoms with Gasteiger partial charge in [-0.05, 0) is 62.6 Å². The summed E-state index contributed by atoms with van der Waals surface area (Å²) in [5, 5.41) is 3.07. The fraction of sp³-hybridized carbons (Fsp3) is 0.316. The first-order chi connectivity index (χ1) is 12.2. The zero-order valence-corrected chi connectivity index (χ0v) is 17.0. The molecule has 1 aliphatic rings. The van der Waals surface area contributed by atoms with Crippen molar-refractivity contribution in [2.45, 2.75) is 43.2 Å². The van der Waals surface area contributed by atoms with E-state index in [1.54, 1.807) is 26.0 Å². The van der Waals surface area contributed by atoms with Crippen LogP contribution in [0.1, 0.15) is 42.6 Å². The summed E-state index contributed by atoms with van der Waals surface area (Å²) in [6.45, 7) is 3.51. The molecule has 0 spiro atoms. The Kier molecular flexibility index (Phi) is 5.23. The average Bonchev–Trinajstić information content (AvgIpc) is 3.35. The Labute approximate surface area is 162 Å². The monoisotopic (exact) mass is 436 g/mol. The van der Waals surface area contributed by atoms with Crippen LogP contribution in [0.4, 0.5) is 0 Å². The fourth-order valence-corrected chi connectivity index (χ4v) is 4.41. The first-order valence-corrected chi connectivity index (χ1v) is 10.7. The summed E-state index contributed by atoms with van der Waals surface area (Å²) >= 11 is 3.41. The molecule has 26 heavy (non-hydrogen) atoms. The molecule has 2 aromatic carbocycles. The van der Waals surface area contributed by atoms with Gasteiger partial charge in [-0.15, -0.1) is 0 Å². The molecule has 1 amide bonds. The predicted molar refractivity (Wildman–Crippen MR) is 104 cm³/mol. The van der Waals surface area contributed by atoms with Crippen LogP contribution in [0.15, 0.2) is 57.9 Å². The SMILES string of the molecule is CC(C)NS(=O)(=O)c1cccc(C(=O)NC2(c3ccc(Br)cc3)CC2)c1. The zero-order chi connectivity index (χ0) is 18.9. The van der Waals surface area contributed by atoms with Crippen molar-refractivity contribution >= 4 is 31.9 Å². The molecule has 2 N–H and O–H groups in total. The third kappa shape index (κ3) is 4.16. The van der Waals surface area contributed by atoms with E-state index in [0.29, 0.717) is 5.56 Å². The molecule has 0 bridgehead atoms. The van der Waals surface area contributed by atoms with Gasteiger partial charge in [0.25, 0.3) is 5.91 Å². The van der Waals surface area contributed by atoms with Crippen molar-refractivity contribution in [2.24, 2.45) is 0 Å². The molecule has 138 valence electrons. The molecule has 0 atom stereocenters. The van der Waals surface area contributed by atoms with E-state index in [2.05, 4.69) is 26.0 Å². The second-order valence-corrected chi connectivity index (χ2v) is 9.48. The Bertz CT molecular complexity index is 920. The molecule has 7 heteroatoms. The van der Waals surface area contributed by atoms with E-state index in [-0.39, 0.29) is 22.4 Å². The number of halogens is 1. The molecular weight excluding hydrogens is 416 g/mol. The van der Waals surface area contributed by atoms with E-state index in [4.69, 9.17) is 0 Å². The smallest absolute Gasteiger partial charge is 0.252 e. The quantitative estimate of drug-likeness (QED) is 0.726. The predicted octanol–water partition coefficient (Wildman–Crippen LogP) is 3.55.